The second-order valence-corrected chi connectivity index (χ2v) is 5.00. The highest BCUT2D eigenvalue weighted by Crippen LogP contribution is 2.18. The lowest BCUT2D eigenvalue weighted by atomic mass is 10.1. The van der Waals surface area contributed by atoms with Crippen molar-refractivity contribution in [3.05, 3.63) is 11.4 Å². The number of carboxylic acid groups (broad SMARTS) is 1. The Morgan fingerprint density at radius 3 is 2.47 bits per heavy atom. The third-order valence-corrected chi connectivity index (χ3v) is 2.53. The van der Waals surface area contributed by atoms with Gasteiger partial charge in [0.1, 0.15) is 0 Å². The van der Waals surface area contributed by atoms with E-state index in [1.165, 1.54) is 4.68 Å². The van der Waals surface area contributed by atoms with Crippen LogP contribution < -0.4 is 0 Å². The van der Waals surface area contributed by atoms with Gasteiger partial charge in [-0.15, -0.1) is 5.10 Å². The average Bonchev–Trinajstić information content (AvgIpc) is 2.70. The Kier molecular flexibility index (Phi) is 5.44. The molecule has 0 spiro atoms. The van der Waals surface area contributed by atoms with Crippen molar-refractivity contribution in [2.75, 3.05) is 6.61 Å². The Morgan fingerprint density at radius 1 is 1.37 bits per heavy atom. The highest BCUT2D eigenvalue weighted by molar-refractivity contribution is 5.86. The lowest BCUT2D eigenvalue weighted by Gasteiger charge is -2.15. The predicted molar refractivity (Wildman–Crippen MR) is 68.2 cm³/mol. The fraction of sp³-hybridized carbons (Fsp3) is 0.750. The number of hydrogen-bond acceptors (Lipinski definition) is 5. The van der Waals surface area contributed by atoms with Crippen molar-refractivity contribution in [1.29, 1.82) is 0 Å². The average molecular weight is 271 g/mol. The first kappa shape index (κ1) is 15.6. The van der Waals surface area contributed by atoms with Crippen molar-refractivity contribution in [1.82, 2.24) is 15.0 Å². The maximum absolute atomic E-state index is 11.0. The molecule has 0 radical (unpaired) electrons. The first-order valence-electron chi connectivity index (χ1n) is 6.29. The topological polar surface area (TPSA) is 97.5 Å². The number of hydrogen-bond donors (Lipinski definition) is 2. The SMILES string of the molecule is CC(C)OCC(O)Cn1nnc(C(=O)O)c1C(C)C. The van der Waals surface area contributed by atoms with Crippen molar-refractivity contribution in [3.63, 3.8) is 0 Å². The molecule has 0 aliphatic rings. The molecule has 1 aromatic heterocycles. The summed E-state index contributed by atoms with van der Waals surface area (Å²) in [6, 6.07) is 0. The molecule has 0 fully saturated rings. The Morgan fingerprint density at radius 2 is 2.00 bits per heavy atom. The van der Waals surface area contributed by atoms with Gasteiger partial charge in [0, 0.05) is 0 Å². The third kappa shape index (κ3) is 4.29. The van der Waals surface area contributed by atoms with Gasteiger partial charge in [0.05, 0.1) is 31.1 Å². The summed E-state index contributed by atoms with van der Waals surface area (Å²) in [6.45, 7) is 7.82. The molecule has 1 aromatic rings. The van der Waals surface area contributed by atoms with Crippen molar-refractivity contribution in [2.45, 2.75) is 52.4 Å². The maximum Gasteiger partial charge on any atom is 0.358 e. The molecular formula is C12H21N3O4. The Bertz CT molecular complexity index is 429. The summed E-state index contributed by atoms with van der Waals surface area (Å²) in [7, 11) is 0. The predicted octanol–water partition coefficient (Wildman–Crippen LogP) is 0.886. The minimum Gasteiger partial charge on any atom is -0.476 e. The number of rotatable bonds is 7. The molecule has 1 rings (SSSR count). The third-order valence-electron chi connectivity index (χ3n) is 2.53. The van der Waals surface area contributed by atoms with Crippen LogP contribution in [0, 0.1) is 0 Å². The van der Waals surface area contributed by atoms with Gasteiger partial charge in [0.15, 0.2) is 5.69 Å². The van der Waals surface area contributed by atoms with Crippen LogP contribution in [0.5, 0.6) is 0 Å². The van der Waals surface area contributed by atoms with Crippen molar-refractivity contribution >= 4 is 5.97 Å². The van der Waals surface area contributed by atoms with E-state index in [4.69, 9.17) is 9.84 Å². The fourth-order valence-electron chi connectivity index (χ4n) is 1.73. The van der Waals surface area contributed by atoms with E-state index in [0.717, 1.165) is 0 Å². The first-order chi connectivity index (χ1) is 8.82. The molecule has 0 aliphatic heterocycles. The molecule has 0 aromatic carbocycles. The zero-order valence-corrected chi connectivity index (χ0v) is 11.7. The number of aromatic carboxylic acids is 1. The van der Waals surface area contributed by atoms with E-state index in [1.807, 2.05) is 27.7 Å². The standard InChI is InChI=1S/C12H21N3O4/c1-7(2)11-10(12(17)18)13-14-15(11)5-9(16)6-19-8(3)4/h7-9,16H,5-6H2,1-4H3,(H,17,18). The first-order valence-corrected chi connectivity index (χ1v) is 6.29. The number of ether oxygens (including phenoxy) is 1. The van der Waals surface area contributed by atoms with Crippen LogP contribution >= 0.6 is 0 Å². The van der Waals surface area contributed by atoms with Crippen molar-refractivity contribution in [3.8, 4) is 0 Å². The molecule has 19 heavy (non-hydrogen) atoms. The molecule has 7 heteroatoms. The van der Waals surface area contributed by atoms with Crippen LogP contribution in [0.15, 0.2) is 0 Å². The van der Waals surface area contributed by atoms with Crippen molar-refractivity contribution < 1.29 is 19.7 Å². The normalized spacial score (nSPS) is 13.2. The summed E-state index contributed by atoms with van der Waals surface area (Å²) in [5, 5.41) is 26.3. The fourth-order valence-corrected chi connectivity index (χ4v) is 1.73. The molecule has 0 amide bonds. The summed E-state index contributed by atoms with van der Waals surface area (Å²) < 4.78 is 6.74. The van der Waals surface area contributed by atoms with Crippen LogP contribution in [0.25, 0.3) is 0 Å². The number of aromatic nitrogens is 3. The van der Waals surface area contributed by atoms with Crippen LogP contribution in [-0.2, 0) is 11.3 Å². The minimum absolute atomic E-state index is 0.0320. The van der Waals surface area contributed by atoms with E-state index >= 15 is 0 Å². The van der Waals surface area contributed by atoms with Crippen LogP contribution in [0.2, 0.25) is 0 Å². The molecular weight excluding hydrogens is 250 g/mol. The molecule has 1 atom stereocenters. The summed E-state index contributed by atoms with van der Waals surface area (Å²) >= 11 is 0. The van der Waals surface area contributed by atoms with Gasteiger partial charge in [-0.3, -0.25) is 0 Å². The largest absolute Gasteiger partial charge is 0.476 e. The summed E-state index contributed by atoms with van der Waals surface area (Å²) in [5.41, 5.74) is 0.447. The highest BCUT2D eigenvalue weighted by atomic mass is 16.5. The second kappa shape index (κ2) is 6.63. The van der Waals surface area contributed by atoms with E-state index in [9.17, 15) is 9.90 Å². The van der Waals surface area contributed by atoms with Gasteiger partial charge in [0.25, 0.3) is 0 Å². The number of aliphatic hydroxyl groups excluding tert-OH is 1. The lowest BCUT2D eigenvalue weighted by Crippen LogP contribution is -2.25. The molecule has 0 saturated heterocycles. The second-order valence-electron chi connectivity index (χ2n) is 5.00. The van der Waals surface area contributed by atoms with Gasteiger partial charge < -0.3 is 14.9 Å². The Balaban J connectivity index is 2.80. The van der Waals surface area contributed by atoms with Gasteiger partial charge in [-0.05, 0) is 19.8 Å². The van der Waals surface area contributed by atoms with Gasteiger partial charge in [-0.2, -0.15) is 0 Å². The smallest absolute Gasteiger partial charge is 0.358 e. The maximum atomic E-state index is 11.0. The van der Waals surface area contributed by atoms with Gasteiger partial charge in [-0.25, -0.2) is 9.48 Å². The Hall–Kier alpha value is -1.47. The molecule has 108 valence electrons. The van der Waals surface area contributed by atoms with Gasteiger partial charge in [0.2, 0.25) is 0 Å². The molecule has 0 bridgehead atoms. The molecule has 0 saturated carbocycles. The minimum atomic E-state index is -1.11. The quantitative estimate of drug-likeness (QED) is 0.764. The summed E-state index contributed by atoms with van der Waals surface area (Å²) in [5.74, 6) is -1.15. The van der Waals surface area contributed by atoms with Crippen LogP contribution in [0.4, 0.5) is 0 Å². The molecule has 1 unspecified atom stereocenters. The molecule has 0 aliphatic carbocycles. The zero-order chi connectivity index (χ0) is 14.6. The monoisotopic (exact) mass is 271 g/mol. The molecule has 1 heterocycles. The van der Waals surface area contributed by atoms with E-state index in [-0.39, 0.29) is 30.9 Å². The van der Waals surface area contributed by atoms with Gasteiger partial charge >= 0.3 is 5.97 Å². The number of aliphatic hydroxyl groups is 1. The van der Waals surface area contributed by atoms with E-state index < -0.39 is 12.1 Å². The number of nitrogens with zero attached hydrogens (tertiary/aromatic N) is 3. The summed E-state index contributed by atoms with van der Waals surface area (Å²) in [6.07, 6.45) is -0.715. The highest BCUT2D eigenvalue weighted by Gasteiger charge is 2.22. The number of carbonyl (C=O) groups is 1. The number of carboxylic acids is 1. The van der Waals surface area contributed by atoms with Crippen LogP contribution in [0.1, 0.15) is 49.8 Å². The van der Waals surface area contributed by atoms with E-state index in [2.05, 4.69) is 10.3 Å². The molecule has 2 N–H and O–H groups in total. The van der Waals surface area contributed by atoms with Crippen molar-refractivity contribution in [2.24, 2.45) is 0 Å². The summed E-state index contributed by atoms with van der Waals surface area (Å²) in [4.78, 5) is 11.0. The van der Waals surface area contributed by atoms with E-state index in [0.29, 0.717) is 5.69 Å². The van der Waals surface area contributed by atoms with Crippen LogP contribution in [-0.4, -0.2) is 50.0 Å². The lowest BCUT2D eigenvalue weighted by molar-refractivity contribution is -0.00259. The Labute approximate surface area is 112 Å². The molecule has 7 nitrogen and oxygen atoms in total. The van der Waals surface area contributed by atoms with Crippen LogP contribution in [0.3, 0.4) is 0 Å². The van der Waals surface area contributed by atoms with Gasteiger partial charge in [-0.1, -0.05) is 19.1 Å². The zero-order valence-electron chi connectivity index (χ0n) is 11.7. The van der Waals surface area contributed by atoms with E-state index in [1.54, 1.807) is 0 Å².